The number of carbonyl (C=O) groups is 2. The predicted molar refractivity (Wildman–Crippen MR) is 58.1 cm³/mol. The third kappa shape index (κ3) is 4.64. The lowest BCUT2D eigenvalue weighted by Gasteiger charge is -2.22. The summed E-state index contributed by atoms with van der Waals surface area (Å²) in [5.74, 6) is 6.25. The van der Waals surface area contributed by atoms with Gasteiger partial charge in [0.2, 0.25) is 5.91 Å². The third-order valence-corrected chi connectivity index (χ3v) is 2.41. The summed E-state index contributed by atoms with van der Waals surface area (Å²) in [5.41, 5.74) is 0. The molecule has 0 N–H and O–H groups in total. The zero-order valence-electron chi connectivity index (χ0n) is 9.21. The standard InChI is InChI=1S/C12H17NO2/c1-11(14)7-8-12(15)13-9-5-3-2-4-6-10-13/h3,5-10H2,1H3. The summed E-state index contributed by atoms with van der Waals surface area (Å²) in [5, 5.41) is 0. The van der Waals surface area contributed by atoms with E-state index in [0.29, 0.717) is 19.4 Å². The van der Waals surface area contributed by atoms with Crippen LogP contribution in [0.5, 0.6) is 0 Å². The molecule has 0 aromatic heterocycles. The van der Waals surface area contributed by atoms with Crippen LogP contribution in [-0.2, 0) is 9.59 Å². The van der Waals surface area contributed by atoms with E-state index in [0.717, 1.165) is 25.8 Å². The second-order valence-corrected chi connectivity index (χ2v) is 3.79. The number of Topliss-reactive ketones (excluding diaryl/α,β-unsaturated/α-hetero) is 1. The molecule has 15 heavy (non-hydrogen) atoms. The van der Waals surface area contributed by atoms with Gasteiger partial charge in [-0.1, -0.05) is 0 Å². The van der Waals surface area contributed by atoms with Crippen molar-refractivity contribution < 1.29 is 9.59 Å². The average Bonchev–Trinajstić information content (AvgIpc) is 2.13. The van der Waals surface area contributed by atoms with Gasteiger partial charge < -0.3 is 9.69 Å². The number of ketones is 1. The Kier molecular flexibility index (Phi) is 4.89. The van der Waals surface area contributed by atoms with Crippen LogP contribution in [0.4, 0.5) is 0 Å². The van der Waals surface area contributed by atoms with E-state index >= 15 is 0 Å². The first-order valence-electron chi connectivity index (χ1n) is 5.43. The lowest BCUT2D eigenvalue weighted by molar-refractivity contribution is -0.133. The summed E-state index contributed by atoms with van der Waals surface area (Å²) in [7, 11) is 0. The maximum Gasteiger partial charge on any atom is 0.223 e. The lowest BCUT2D eigenvalue weighted by Crippen LogP contribution is -2.33. The SMILES string of the molecule is CC(=O)CCC(=O)N1CCC#CCCC1. The van der Waals surface area contributed by atoms with Crippen LogP contribution in [0, 0.1) is 11.8 Å². The maximum absolute atomic E-state index is 11.7. The molecule has 0 aliphatic carbocycles. The molecule has 1 heterocycles. The molecule has 0 aromatic carbocycles. The second-order valence-electron chi connectivity index (χ2n) is 3.79. The molecular formula is C12H17NO2. The molecule has 0 saturated carbocycles. The normalized spacial score (nSPS) is 15.9. The van der Waals surface area contributed by atoms with Crippen molar-refractivity contribution in [3.63, 3.8) is 0 Å². The highest BCUT2D eigenvalue weighted by Gasteiger charge is 2.13. The van der Waals surface area contributed by atoms with E-state index in [2.05, 4.69) is 11.8 Å². The molecule has 0 bridgehead atoms. The molecule has 3 nitrogen and oxygen atoms in total. The molecular weight excluding hydrogens is 190 g/mol. The first kappa shape index (κ1) is 11.8. The van der Waals surface area contributed by atoms with E-state index in [1.165, 1.54) is 6.92 Å². The summed E-state index contributed by atoms with van der Waals surface area (Å²) < 4.78 is 0. The van der Waals surface area contributed by atoms with Crippen LogP contribution in [0.2, 0.25) is 0 Å². The van der Waals surface area contributed by atoms with Crippen LogP contribution < -0.4 is 0 Å². The van der Waals surface area contributed by atoms with Crippen molar-refractivity contribution in [2.45, 2.75) is 39.0 Å². The molecule has 0 spiro atoms. The summed E-state index contributed by atoms with van der Waals surface area (Å²) in [6.45, 7) is 3.02. The van der Waals surface area contributed by atoms with Crippen molar-refractivity contribution in [1.82, 2.24) is 4.90 Å². The largest absolute Gasteiger partial charge is 0.342 e. The lowest BCUT2D eigenvalue weighted by atomic mass is 10.2. The van der Waals surface area contributed by atoms with Gasteiger partial charge in [0.05, 0.1) is 0 Å². The van der Waals surface area contributed by atoms with Crippen molar-refractivity contribution in [2.24, 2.45) is 0 Å². The fourth-order valence-corrected chi connectivity index (χ4v) is 1.53. The van der Waals surface area contributed by atoms with E-state index in [-0.39, 0.29) is 11.7 Å². The summed E-state index contributed by atoms with van der Waals surface area (Å²) in [4.78, 5) is 24.3. The Labute approximate surface area is 90.8 Å². The smallest absolute Gasteiger partial charge is 0.223 e. The molecule has 1 amide bonds. The van der Waals surface area contributed by atoms with Gasteiger partial charge in [-0.05, 0) is 13.3 Å². The minimum atomic E-state index is 0.0789. The molecule has 3 heteroatoms. The number of carbonyl (C=O) groups excluding carboxylic acids is 2. The average molecular weight is 207 g/mol. The van der Waals surface area contributed by atoms with E-state index < -0.39 is 0 Å². The topological polar surface area (TPSA) is 37.4 Å². The summed E-state index contributed by atoms with van der Waals surface area (Å²) in [6.07, 6.45) is 3.28. The molecule has 0 radical (unpaired) electrons. The van der Waals surface area contributed by atoms with Crippen molar-refractivity contribution in [2.75, 3.05) is 13.1 Å². The highest BCUT2D eigenvalue weighted by Crippen LogP contribution is 2.04. The molecule has 1 rings (SSSR count). The highest BCUT2D eigenvalue weighted by molar-refractivity contribution is 5.83. The zero-order chi connectivity index (χ0) is 11.1. The molecule has 0 unspecified atom stereocenters. The first-order chi connectivity index (χ1) is 7.20. The van der Waals surface area contributed by atoms with Crippen LogP contribution >= 0.6 is 0 Å². The van der Waals surface area contributed by atoms with Crippen LogP contribution in [0.25, 0.3) is 0 Å². The first-order valence-corrected chi connectivity index (χ1v) is 5.43. The third-order valence-electron chi connectivity index (χ3n) is 2.41. The number of hydrogen-bond acceptors (Lipinski definition) is 2. The van der Waals surface area contributed by atoms with Crippen molar-refractivity contribution >= 4 is 11.7 Å². The molecule has 1 aliphatic rings. The van der Waals surface area contributed by atoms with Crippen LogP contribution in [0.1, 0.15) is 39.0 Å². The van der Waals surface area contributed by atoms with Crippen molar-refractivity contribution in [1.29, 1.82) is 0 Å². The van der Waals surface area contributed by atoms with E-state index in [1.807, 2.05) is 4.90 Å². The Morgan fingerprint density at radius 1 is 1.13 bits per heavy atom. The van der Waals surface area contributed by atoms with Gasteiger partial charge in [0.1, 0.15) is 5.78 Å². The maximum atomic E-state index is 11.7. The fraction of sp³-hybridized carbons (Fsp3) is 0.667. The zero-order valence-corrected chi connectivity index (χ0v) is 9.21. The summed E-state index contributed by atoms with van der Waals surface area (Å²) >= 11 is 0. The van der Waals surface area contributed by atoms with Gasteiger partial charge in [-0.15, -0.1) is 11.8 Å². The predicted octanol–water partition coefficient (Wildman–Crippen LogP) is 1.37. The van der Waals surface area contributed by atoms with Crippen LogP contribution in [-0.4, -0.2) is 29.7 Å². The highest BCUT2D eigenvalue weighted by atomic mass is 16.2. The number of amides is 1. The minimum absolute atomic E-state index is 0.0789. The van der Waals surface area contributed by atoms with Gasteiger partial charge in [-0.2, -0.15) is 0 Å². The fourth-order valence-electron chi connectivity index (χ4n) is 1.53. The van der Waals surface area contributed by atoms with Gasteiger partial charge in [0, 0.05) is 38.8 Å². The van der Waals surface area contributed by atoms with Gasteiger partial charge >= 0.3 is 0 Å². The van der Waals surface area contributed by atoms with E-state index in [1.54, 1.807) is 0 Å². The quantitative estimate of drug-likeness (QED) is 0.655. The Hall–Kier alpha value is -1.30. The minimum Gasteiger partial charge on any atom is -0.342 e. The van der Waals surface area contributed by atoms with Crippen molar-refractivity contribution in [3.05, 3.63) is 0 Å². The van der Waals surface area contributed by atoms with E-state index in [4.69, 9.17) is 0 Å². The van der Waals surface area contributed by atoms with Crippen molar-refractivity contribution in [3.8, 4) is 11.8 Å². The van der Waals surface area contributed by atoms with Gasteiger partial charge in [0.15, 0.2) is 0 Å². The van der Waals surface area contributed by atoms with E-state index in [9.17, 15) is 9.59 Å². The molecule has 82 valence electrons. The van der Waals surface area contributed by atoms with Gasteiger partial charge in [0.25, 0.3) is 0 Å². The van der Waals surface area contributed by atoms with Crippen LogP contribution in [0.15, 0.2) is 0 Å². The Morgan fingerprint density at radius 3 is 2.60 bits per heavy atom. The Bertz CT molecular complexity index is 298. The molecule has 0 saturated heterocycles. The molecule has 1 aliphatic heterocycles. The number of hydrogen-bond donors (Lipinski definition) is 0. The monoisotopic (exact) mass is 207 g/mol. The molecule has 0 atom stereocenters. The second kappa shape index (κ2) is 6.23. The van der Waals surface area contributed by atoms with Gasteiger partial charge in [-0.25, -0.2) is 0 Å². The molecule has 0 fully saturated rings. The number of nitrogens with zero attached hydrogens (tertiary/aromatic N) is 1. The molecule has 0 aromatic rings. The summed E-state index contributed by atoms with van der Waals surface area (Å²) in [6, 6.07) is 0. The van der Waals surface area contributed by atoms with Gasteiger partial charge in [-0.3, -0.25) is 4.79 Å². The van der Waals surface area contributed by atoms with Crippen LogP contribution in [0.3, 0.4) is 0 Å². The Balaban J connectivity index is 2.38. The Morgan fingerprint density at radius 2 is 1.87 bits per heavy atom. The number of rotatable bonds is 3.